The molecule has 2 heterocycles. The predicted octanol–water partition coefficient (Wildman–Crippen LogP) is 2.09. The fourth-order valence-electron chi connectivity index (χ4n) is 2.50. The molecule has 1 aromatic carbocycles. The minimum Gasteiger partial charge on any atom is -0.478 e. The van der Waals surface area contributed by atoms with Crippen LogP contribution in [0.2, 0.25) is 0 Å². The Balaban J connectivity index is 2.14. The Morgan fingerprint density at radius 2 is 2.17 bits per heavy atom. The molecule has 94 valence electrons. The van der Waals surface area contributed by atoms with Gasteiger partial charge in [-0.05, 0) is 25.0 Å². The van der Waals surface area contributed by atoms with Crippen molar-refractivity contribution in [2.75, 3.05) is 13.2 Å². The van der Waals surface area contributed by atoms with Crippen LogP contribution in [-0.4, -0.2) is 33.8 Å². The number of rotatable bonds is 2. The molecule has 5 nitrogen and oxygen atoms in total. The third-order valence-corrected chi connectivity index (χ3v) is 3.41. The summed E-state index contributed by atoms with van der Waals surface area (Å²) in [5.74, 6) is -0.908. The van der Waals surface area contributed by atoms with Gasteiger partial charge in [-0.2, -0.15) is 0 Å². The van der Waals surface area contributed by atoms with Crippen LogP contribution in [0, 0.1) is 0 Å². The molecule has 1 saturated heterocycles. The molecule has 0 atom stereocenters. The molecule has 0 unspecified atom stereocenters. The molecule has 1 aliphatic rings. The van der Waals surface area contributed by atoms with Gasteiger partial charge >= 0.3 is 5.97 Å². The van der Waals surface area contributed by atoms with Crippen molar-refractivity contribution in [3.63, 3.8) is 0 Å². The van der Waals surface area contributed by atoms with E-state index in [-0.39, 0.29) is 6.04 Å². The molecule has 1 aromatic heterocycles. The maximum atomic E-state index is 11.3. The molecule has 1 aliphatic heterocycles. The molecular weight excluding hydrogens is 232 g/mol. The van der Waals surface area contributed by atoms with Crippen LogP contribution in [0.3, 0.4) is 0 Å². The van der Waals surface area contributed by atoms with Crippen molar-refractivity contribution < 1.29 is 14.6 Å². The summed E-state index contributed by atoms with van der Waals surface area (Å²) in [5.41, 5.74) is 1.77. The molecule has 0 amide bonds. The molecule has 3 rings (SSSR count). The number of nitrogens with zero attached hydrogens (tertiary/aromatic N) is 2. The summed E-state index contributed by atoms with van der Waals surface area (Å²) in [6.45, 7) is 1.44. The predicted molar refractivity (Wildman–Crippen MR) is 65.8 cm³/mol. The number of carboxylic acid groups (broad SMARTS) is 1. The van der Waals surface area contributed by atoms with Gasteiger partial charge in [0.2, 0.25) is 0 Å². The lowest BCUT2D eigenvalue weighted by atomic mass is 10.1. The first kappa shape index (κ1) is 11.2. The number of hydrogen-bond donors (Lipinski definition) is 1. The van der Waals surface area contributed by atoms with Crippen molar-refractivity contribution in [3.8, 4) is 0 Å². The number of hydrogen-bond acceptors (Lipinski definition) is 3. The van der Waals surface area contributed by atoms with E-state index in [0.717, 1.165) is 37.1 Å². The molecule has 2 aromatic rings. The number of aromatic nitrogens is 2. The monoisotopic (exact) mass is 246 g/mol. The van der Waals surface area contributed by atoms with Gasteiger partial charge in [0.15, 0.2) is 0 Å². The third-order valence-electron chi connectivity index (χ3n) is 3.41. The highest BCUT2D eigenvalue weighted by Crippen LogP contribution is 2.27. The average Bonchev–Trinajstić information content (AvgIpc) is 2.83. The van der Waals surface area contributed by atoms with Crippen LogP contribution in [0.4, 0.5) is 0 Å². The van der Waals surface area contributed by atoms with Gasteiger partial charge in [0.05, 0.1) is 22.9 Å². The quantitative estimate of drug-likeness (QED) is 0.881. The summed E-state index contributed by atoms with van der Waals surface area (Å²) in [7, 11) is 0. The summed E-state index contributed by atoms with van der Waals surface area (Å²) in [6.07, 6.45) is 3.55. The van der Waals surface area contributed by atoms with Crippen molar-refractivity contribution in [1.82, 2.24) is 9.55 Å². The van der Waals surface area contributed by atoms with E-state index < -0.39 is 5.97 Å². The average molecular weight is 246 g/mol. The van der Waals surface area contributed by atoms with Crippen molar-refractivity contribution in [2.24, 2.45) is 0 Å². The number of para-hydroxylation sites is 1. The van der Waals surface area contributed by atoms with E-state index in [1.54, 1.807) is 18.5 Å². The van der Waals surface area contributed by atoms with Crippen molar-refractivity contribution in [1.29, 1.82) is 0 Å². The Morgan fingerprint density at radius 3 is 2.89 bits per heavy atom. The van der Waals surface area contributed by atoms with Crippen molar-refractivity contribution >= 4 is 17.0 Å². The lowest BCUT2D eigenvalue weighted by Gasteiger charge is -2.24. The molecule has 18 heavy (non-hydrogen) atoms. The number of fused-ring (bicyclic) bond motifs is 1. The molecule has 1 fully saturated rings. The topological polar surface area (TPSA) is 64.3 Å². The molecule has 0 bridgehead atoms. The second kappa shape index (κ2) is 4.42. The molecule has 0 saturated carbocycles. The third kappa shape index (κ3) is 1.76. The molecule has 1 N–H and O–H groups in total. The van der Waals surface area contributed by atoms with Gasteiger partial charge in [0, 0.05) is 19.3 Å². The van der Waals surface area contributed by atoms with Crippen LogP contribution in [0.5, 0.6) is 0 Å². The molecule has 5 heteroatoms. The highest BCUT2D eigenvalue weighted by atomic mass is 16.5. The van der Waals surface area contributed by atoms with E-state index in [1.807, 2.05) is 10.6 Å². The number of carboxylic acids is 1. The Labute approximate surface area is 104 Å². The number of benzene rings is 1. The van der Waals surface area contributed by atoms with Gasteiger partial charge in [-0.25, -0.2) is 9.78 Å². The minimum atomic E-state index is -0.908. The second-order valence-electron chi connectivity index (χ2n) is 4.47. The van der Waals surface area contributed by atoms with Crippen molar-refractivity contribution in [2.45, 2.75) is 18.9 Å². The van der Waals surface area contributed by atoms with Crippen LogP contribution >= 0.6 is 0 Å². The largest absolute Gasteiger partial charge is 0.478 e. The minimum absolute atomic E-state index is 0.282. The number of ether oxygens (including phenoxy) is 1. The molecule has 0 radical (unpaired) electrons. The molecule has 0 aliphatic carbocycles. The van der Waals surface area contributed by atoms with Crippen LogP contribution in [-0.2, 0) is 4.74 Å². The van der Waals surface area contributed by atoms with Crippen LogP contribution in [0.15, 0.2) is 24.5 Å². The Morgan fingerprint density at radius 1 is 1.39 bits per heavy atom. The standard InChI is InChI=1S/C13H14N2O3/c16-13(17)10-2-1-3-11-12(10)15(8-14-11)9-4-6-18-7-5-9/h1-3,8-9H,4-7H2,(H,16,17). The molecular formula is C13H14N2O3. The lowest BCUT2D eigenvalue weighted by Crippen LogP contribution is -2.19. The van der Waals surface area contributed by atoms with Gasteiger partial charge in [-0.1, -0.05) is 6.07 Å². The summed E-state index contributed by atoms with van der Waals surface area (Å²) < 4.78 is 7.32. The molecule has 0 spiro atoms. The maximum Gasteiger partial charge on any atom is 0.337 e. The number of imidazole rings is 1. The second-order valence-corrected chi connectivity index (χ2v) is 4.47. The van der Waals surface area contributed by atoms with E-state index in [4.69, 9.17) is 4.74 Å². The fraction of sp³-hybridized carbons (Fsp3) is 0.385. The maximum absolute atomic E-state index is 11.3. The normalized spacial score (nSPS) is 17.1. The highest BCUT2D eigenvalue weighted by Gasteiger charge is 2.20. The van der Waals surface area contributed by atoms with Gasteiger partial charge < -0.3 is 14.4 Å². The number of carbonyl (C=O) groups is 1. The Hall–Kier alpha value is -1.88. The van der Waals surface area contributed by atoms with E-state index in [2.05, 4.69) is 4.98 Å². The zero-order valence-electron chi connectivity index (χ0n) is 9.87. The summed E-state index contributed by atoms with van der Waals surface area (Å²) in [5, 5.41) is 9.26. The van der Waals surface area contributed by atoms with E-state index in [0.29, 0.717) is 5.56 Å². The summed E-state index contributed by atoms with van der Waals surface area (Å²) in [4.78, 5) is 15.6. The smallest absolute Gasteiger partial charge is 0.337 e. The first-order valence-electron chi connectivity index (χ1n) is 6.04. The van der Waals surface area contributed by atoms with Crippen LogP contribution in [0.25, 0.3) is 11.0 Å². The highest BCUT2D eigenvalue weighted by molar-refractivity contribution is 6.01. The Bertz CT molecular complexity index is 585. The van der Waals surface area contributed by atoms with Crippen LogP contribution < -0.4 is 0 Å². The van der Waals surface area contributed by atoms with E-state index >= 15 is 0 Å². The van der Waals surface area contributed by atoms with Gasteiger partial charge in [0.1, 0.15) is 0 Å². The van der Waals surface area contributed by atoms with Gasteiger partial charge in [0.25, 0.3) is 0 Å². The SMILES string of the molecule is O=C(O)c1cccc2ncn(C3CCOCC3)c12. The van der Waals surface area contributed by atoms with Crippen molar-refractivity contribution in [3.05, 3.63) is 30.1 Å². The zero-order valence-corrected chi connectivity index (χ0v) is 9.87. The van der Waals surface area contributed by atoms with E-state index in [1.165, 1.54) is 0 Å². The summed E-state index contributed by atoms with van der Waals surface area (Å²) >= 11 is 0. The van der Waals surface area contributed by atoms with Gasteiger partial charge in [-0.3, -0.25) is 0 Å². The fourth-order valence-corrected chi connectivity index (χ4v) is 2.50. The van der Waals surface area contributed by atoms with Crippen LogP contribution in [0.1, 0.15) is 29.2 Å². The number of aromatic carboxylic acids is 1. The van der Waals surface area contributed by atoms with Gasteiger partial charge in [-0.15, -0.1) is 0 Å². The first-order chi connectivity index (χ1) is 8.77. The first-order valence-corrected chi connectivity index (χ1v) is 6.04. The zero-order chi connectivity index (χ0) is 12.5. The summed E-state index contributed by atoms with van der Waals surface area (Å²) in [6, 6.07) is 5.48. The Kier molecular flexibility index (Phi) is 2.76. The lowest BCUT2D eigenvalue weighted by molar-refractivity contribution is 0.0689. The van der Waals surface area contributed by atoms with E-state index in [9.17, 15) is 9.90 Å².